The fraction of sp³-hybridized carbons (Fsp3) is 0.0476. The zero-order valence-electron chi connectivity index (χ0n) is 14.9. The highest BCUT2D eigenvalue weighted by Crippen LogP contribution is 2.41. The van der Waals surface area contributed by atoms with Gasteiger partial charge in [-0.15, -0.1) is 0 Å². The number of carbonyl (C=O) groups excluding carboxylic acids is 1. The minimum Gasteiger partial charge on any atom is -0.493 e. The SMILES string of the molecule is COc1cc(C(=O)c2cnc(-c3cccc4[nH]ccc34)[nH]2)cc2c1OC=CO2. The number of H-pyrrole nitrogens is 2. The Bertz CT molecular complexity index is 1240. The van der Waals surface area contributed by atoms with E-state index in [1.165, 1.54) is 25.8 Å². The molecular formula is C21H15N3O4. The number of nitrogens with one attached hydrogen (secondary N) is 2. The third-order valence-corrected chi connectivity index (χ3v) is 4.61. The first-order valence-electron chi connectivity index (χ1n) is 8.61. The standard InChI is InChI=1S/C21H15N3O4/c1-26-17-9-12(10-18-20(17)28-8-7-27-18)19(25)16-11-23-21(24-16)14-3-2-4-15-13(14)5-6-22-15/h2-11,22H,1H3,(H,23,24). The zero-order chi connectivity index (χ0) is 19.1. The molecule has 0 unspecified atom stereocenters. The van der Waals surface area contributed by atoms with Crippen LogP contribution in [0.25, 0.3) is 22.3 Å². The summed E-state index contributed by atoms with van der Waals surface area (Å²) in [6.45, 7) is 0. The predicted octanol–water partition coefficient (Wildman–Crippen LogP) is 4.04. The van der Waals surface area contributed by atoms with E-state index < -0.39 is 0 Å². The molecule has 138 valence electrons. The number of imidazole rings is 1. The van der Waals surface area contributed by atoms with Gasteiger partial charge in [-0.1, -0.05) is 12.1 Å². The highest BCUT2D eigenvalue weighted by Gasteiger charge is 2.21. The summed E-state index contributed by atoms with van der Waals surface area (Å²) >= 11 is 0. The van der Waals surface area contributed by atoms with Gasteiger partial charge in [0.25, 0.3) is 0 Å². The Morgan fingerprint density at radius 2 is 2.04 bits per heavy atom. The fourth-order valence-electron chi connectivity index (χ4n) is 3.28. The second kappa shape index (κ2) is 6.31. The minimum atomic E-state index is -0.223. The van der Waals surface area contributed by atoms with Crippen molar-refractivity contribution in [2.24, 2.45) is 0 Å². The van der Waals surface area contributed by atoms with E-state index in [-0.39, 0.29) is 5.78 Å². The van der Waals surface area contributed by atoms with Crippen LogP contribution < -0.4 is 14.2 Å². The molecule has 0 amide bonds. The first kappa shape index (κ1) is 16.2. The molecule has 28 heavy (non-hydrogen) atoms. The summed E-state index contributed by atoms with van der Waals surface area (Å²) in [5.41, 5.74) is 2.70. The van der Waals surface area contributed by atoms with E-state index in [1.54, 1.807) is 12.1 Å². The molecule has 0 bridgehead atoms. The summed E-state index contributed by atoms with van der Waals surface area (Å²) in [5.74, 6) is 1.68. The molecule has 2 aromatic carbocycles. The van der Waals surface area contributed by atoms with Gasteiger partial charge in [-0.25, -0.2) is 4.98 Å². The number of ketones is 1. The summed E-state index contributed by atoms with van der Waals surface area (Å²) in [6, 6.07) is 11.1. The average molecular weight is 373 g/mol. The number of fused-ring (bicyclic) bond motifs is 2. The van der Waals surface area contributed by atoms with E-state index in [0.717, 1.165) is 16.5 Å². The number of benzene rings is 2. The fourth-order valence-corrected chi connectivity index (χ4v) is 3.28. The van der Waals surface area contributed by atoms with Crippen LogP contribution in [-0.4, -0.2) is 27.8 Å². The van der Waals surface area contributed by atoms with Gasteiger partial charge in [0, 0.05) is 28.2 Å². The molecule has 0 saturated carbocycles. The van der Waals surface area contributed by atoms with Crippen LogP contribution in [0.2, 0.25) is 0 Å². The average Bonchev–Trinajstić information content (AvgIpc) is 3.41. The Morgan fingerprint density at radius 3 is 2.93 bits per heavy atom. The highest BCUT2D eigenvalue weighted by atomic mass is 16.6. The molecule has 0 aliphatic carbocycles. The van der Waals surface area contributed by atoms with E-state index >= 15 is 0 Å². The van der Waals surface area contributed by atoms with Gasteiger partial charge >= 0.3 is 0 Å². The first-order valence-corrected chi connectivity index (χ1v) is 8.61. The number of ether oxygens (including phenoxy) is 3. The number of aromatic amines is 2. The summed E-state index contributed by atoms with van der Waals surface area (Å²) < 4.78 is 16.2. The normalized spacial score (nSPS) is 12.3. The molecule has 7 nitrogen and oxygen atoms in total. The molecule has 0 radical (unpaired) electrons. The number of methoxy groups -OCH3 is 1. The molecule has 2 N–H and O–H groups in total. The maximum atomic E-state index is 13.0. The van der Waals surface area contributed by atoms with Crippen LogP contribution in [0.5, 0.6) is 17.2 Å². The molecule has 4 aromatic rings. The smallest absolute Gasteiger partial charge is 0.211 e. The molecule has 0 fully saturated rings. The molecule has 5 rings (SSSR count). The topological polar surface area (TPSA) is 89.2 Å². The summed E-state index contributed by atoms with van der Waals surface area (Å²) in [4.78, 5) is 23.7. The van der Waals surface area contributed by atoms with E-state index in [1.807, 2.05) is 30.5 Å². The second-order valence-electron chi connectivity index (χ2n) is 6.23. The van der Waals surface area contributed by atoms with Gasteiger partial charge in [-0.3, -0.25) is 4.79 Å². The lowest BCUT2D eigenvalue weighted by Gasteiger charge is -2.16. The number of rotatable bonds is 4. The van der Waals surface area contributed by atoms with Crippen LogP contribution in [-0.2, 0) is 0 Å². The van der Waals surface area contributed by atoms with Crippen LogP contribution in [0.1, 0.15) is 16.1 Å². The van der Waals surface area contributed by atoms with Gasteiger partial charge < -0.3 is 24.2 Å². The van der Waals surface area contributed by atoms with Crippen molar-refractivity contribution in [2.75, 3.05) is 7.11 Å². The number of hydrogen-bond donors (Lipinski definition) is 2. The Labute approximate surface area is 159 Å². The molecule has 1 aliphatic rings. The number of aromatic nitrogens is 3. The van der Waals surface area contributed by atoms with Crippen molar-refractivity contribution in [3.8, 4) is 28.6 Å². The van der Waals surface area contributed by atoms with Crippen molar-refractivity contribution in [3.63, 3.8) is 0 Å². The van der Waals surface area contributed by atoms with Crippen molar-refractivity contribution in [1.82, 2.24) is 15.0 Å². The van der Waals surface area contributed by atoms with E-state index in [9.17, 15) is 4.79 Å². The lowest BCUT2D eigenvalue weighted by molar-refractivity contribution is 0.103. The predicted molar refractivity (Wildman–Crippen MR) is 103 cm³/mol. The Kier molecular flexibility index (Phi) is 3.65. The lowest BCUT2D eigenvalue weighted by atomic mass is 10.1. The Balaban J connectivity index is 1.53. The van der Waals surface area contributed by atoms with Gasteiger partial charge in [0.05, 0.1) is 13.3 Å². The highest BCUT2D eigenvalue weighted by molar-refractivity contribution is 6.09. The maximum absolute atomic E-state index is 13.0. The van der Waals surface area contributed by atoms with Crippen LogP contribution >= 0.6 is 0 Å². The molecule has 7 heteroatoms. The molecule has 0 atom stereocenters. The summed E-state index contributed by atoms with van der Waals surface area (Å²) in [7, 11) is 1.51. The third kappa shape index (κ3) is 2.52. The van der Waals surface area contributed by atoms with Crippen molar-refractivity contribution in [1.29, 1.82) is 0 Å². The number of nitrogens with zero attached hydrogens (tertiary/aromatic N) is 1. The van der Waals surface area contributed by atoms with Crippen molar-refractivity contribution in [3.05, 3.63) is 72.6 Å². The van der Waals surface area contributed by atoms with E-state index in [2.05, 4.69) is 15.0 Å². The molecule has 0 saturated heterocycles. The monoisotopic (exact) mass is 373 g/mol. The lowest BCUT2D eigenvalue weighted by Crippen LogP contribution is -2.05. The van der Waals surface area contributed by atoms with Crippen LogP contribution in [0.4, 0.5) is 0 Å². The first-order chi connectivity index (χ1) is 13.7. The second-order valence-corrected chi connectivity index (χ2v) is 6.23. The van der Waals surface area contributed by atoms with Gasteiger partial charge in [0.2, 0.25) is 11.5 Å². The van der Waals surface area contributed by atoms with Crippen molar-refractivity contribution >= 4 is 16.7 Å². The molecule has 1 aliphatic heterocycles. The van der Waals surface area contributed by atoms with E-state index in [4.69, 9.17) is 14.2 Å². The van der Waals surface area contributed by atoms with Crippen molar-refractivity contribution < 1.29 is 19.0 Å². The van der Waals surface area contributed by atoms with Gasteiger partial charge in [-0.05, 0) is 24.3 Å². The van der Waals surface area contributed by atoms with Gasteiger partial charge in [0.1, 0.15) is 24.0 Å². The Morgan fingerprint density at radius 1 is 1.14 bits per heavy atom. The molecular weight excluding hydrogens is 358 g/mol. The number of hydrogen-bond acceptors (Lipinski definition) is 5. The Hall–Kier alpha value is -4.00. The molecule has 2 aromatic heterocycles. The zero-order valence-corrected chi connectivity index (χ0v) is 14.9. The molecule has 3 heterocycles. The van der Waals surface area contributed by atoms with E-state index in [0.29, 0.717) is 34.3 Å². The van der Waals surface area contributed by atoms with Gasteiger partial charge in [-0.2, -0.15) is 0 Å². The summed E-state index contributed by atoms with van der Waals surface area (Å²) in [6.07, 6.45) is 6.22. The largest absolute Gasteiger partial charge is 0.493 e. The number of carbonyl (C=O) groups is 1. The quantitative estimate of drug-likeness (QED) is 0.527. The van der Waals surface area contributed by atoms with Gasteiger partial charge in [0.15, 0.2) is 11.5 Å². The molecule has 0 spiro atoms. The maximum Gasteiger partial charge on any atom is 0.211 e. The third-order valence-electron chi connectivity index (χ3n) is 4.61. The summed E-state index contributed by atoms with van der Waals surface area (Å²) in [5, 5.41) is 1.03. The minimum absolute atomic E-state index is 0.223. The van der Waals surface area contributed by atoms with Crippen LogP contribution in [0.15, 0.2) is 61.3 Å². The van der Waals surface area contributed by atoms with Crippen LogP contribution in [0.3, 0.4) is 0 Å². The van der Waals surface area contributed by atoms with Crippen LogP contribution in [0, 0.1) is 0 Å². The van der Waals surface area contributed by atoms with Crippen molar-refractivity contribution in [2.45, 2.75) is 0 Å².